The molecule has 21 heavy (non-hydrogen) atoms. The maximum atomic E-state index is 5.98. The molecule has 4 heteroatoms. The van der Waals surface area contributed by atoms with Crippen molar-refractivity contribution >= 4 is 37.5 Å². The van der Waals surface area contributed by atoms with E-state index in [4.69, 9.17) is 5.73 Å². The molecule has 0 heterocycles. The molecule has 0 aliphatic rings. The van der Waals surface area contributed by atoms with Gasteiger partial charge < -0.3 is 10.6 Å². The molecule has 0 saturated carbocycles. The zero-order chi connectivity index (χ0) is 15.4. The van der Waals surface area contributed by atoms with Gasteiger partial charge in [-0.1, -0.05) is 50.1 Å². The minimum atomic E-state index is 0.148. The van der Waals surface area contributed by atoms with Gasteiger partial charge in [0.15, 0.2) is 0 Å². The molecular weight excluding hydrogens is 392 g/mol. The third-order valence-electron chi connectivity index (χ3n) is 3.36. The van der Waals surface area contributed by atoms with Crippen LogP contribution in [0.4, 0.5) is 5.69 Å². The van der Waals surface area contributed by atoms with Gasteiger partial charge in [-0.05, 0) is 48.7 Å². The number of hydrogen-bond acceptors (Lipinski definition) is 2. The van der Waals surface area contributed by atoms with Crippen LogP contribution in [0.1, 0.15) is 18.1 Å². The van der Waals surface area contributed by atoms with Crippen molar-refractivity contribution in [2.45, 2.75) is 25.9 Å². The topological polar surface area (TPSA) is 29.3 Å². The Morgan fingerprint density at radius 3 is 2.48 bits per heavy atom. The second-order valence-corrected chi connectivity index (χ2v) is 7.17. The molecule has 0 radical (unpaired) electrons. The smallest absolute Gasteiger partial charge is 0.0437 e. The number of rotatable bonds is 5. The monoisotopic (exact) mass is 410 g/mol. The number of nitrogens with zero attached hydrogens (tertiary/aromatic N) is 1. The first kappa shape index (κ1) is 16.5. The molecule has 0 amide bonds. The van der Waals surface area contributed by atoms with Crippen molar-refractivity contribution < 1.29 is 0 Å². The zero-order valence-electron chi connectivity index (χ0n) is 12.3. The predicted octanol–water partition coefficient (Wildman–Crippen LogP) is 4.74. The third-order valence-corrected chi connectivity index (χ3v) is 4.63. The van der Waals surface area contributed by atoms with Gasteiger partial charge in [0.25, 0.3) is 0 Å². The molecule has 0 aliphatic carbocycles. The van der Waals surface area contributed by atoms with Gasteiger partial charge in [0.2, 0.25) is 0 Å². The average molecular weight is 412 g/mol. The molecule has 0 spiro atoms. The Hall–Kier alpha value is -0.840. The van der Waals surface area contributed by atoms with Gasteiger partial charge in [0.1, 0.15) is 0 Å². The van der Waals surface area contributed by atoms with E-state index in [-0.39, 0.29) is 6.04 Å². The highest BCUT2D eigenvalue weighted by atomic mass is 79.9. The quantitative estimate of drug-likeness (QED) is 0.769. The highest BCUT2D eigenvalue weighted by molar-refractivity contribution is 9.10. The lowest BCUT2D eigenvalue weighted by atomic mass is 10.0. The molecule has 0 bridgehead atoms. The van der Waals surface area contributed by atoms with Crippen LogP contribution in [0, 0.1) is 0 Å². The predicted molar refractivity (Wildman–Crippen MR) is 97.7 cm³/mol. The zero-order valence-corrected chi connectivity index (χ0v) is 15.5. The fourth-order valence-corrected chi connectivity index (χ4v) is 3.22. The van der Waals surface area contributed by atoms with E-state index in [1.807, 2.05) is 13.0 Å². The van der Waals surface area contributed by atoms with Crippen LogP contribution in [-0.4, -0.2) is 13.1 Å². The molecule has 112 valence electrons. The van der Waals surface area contributed by atoms with E-state index in [1.54, 1.807) is 0 Å². The van der Waals surface area contributed by atoms with Crippen molar-refractivity contribution in [1.82, 2.24) is 0 Å². The summed E-state index contributed by atoms with van der Waals surface area (Å²) in [6.07, 6.45) is 0.870. The van der Waals surface area contributed by atoms with Crippen LogP contribution in [0.3, 0.4) is 0 Å². The van der Waals surface area contributed by atoms with Crippen molar-refractivity contribution in [1.29, 1.82) is 0 Å². The van der Waals surface area contributed by atoms with Gasteiger partial charge in [0.05, 0.1) is 0 Å². The number of hydrogen-bond donors (Lipinski definition) is 1. The van der Waals surface area contributed by atoms with Crippen LogP contribution in [0.5, 0.6) is 0 Å². The number of nitrogens with two attached hydrogens (primary N) is 1. The lowest BCUT2D eigenvalue weighted by Gasteiger charge is -2.24. The molecule has 0 saturated heterocycles. The van der Waals surface area contributed by atoms with Crippen molar-refractivity contribution in [3.63, 3.8) is 0 Å². The molecule has 2 nitrogen and oxygen atoms in total. The van der Waals surface area contributed by atoms with Crippen LogP contribution in [0.2, 0.25) is 0 Å². The Morgan fingerprint density at radius 2 is 1.81 bits per heavy atom. The minimum Gasteiger partial charge on any atom is -0.370 e. The maximum Gasteiger partial charge on any atom is 0.0437 e. The Labute approximate surface area is 143 Å². The summed E-state index contributed by atoms with van der Waals surface area (Å²) in [4.78, 5) is 2.27. The van der Waals surface area contributed by atoms with Crippen molar-refractivity contribution in [3.05, 3.63) is 62.5 Å². The van der Waals surface area contributed by atoms with Crippen molar-refractivity contribution in [3.8, 4) is 0 Å². The standard InChI is InChI=1S/C17H20Br2N2/c1-12(20)9-14-10-15(18)7-8-17(14)21(2)11-13-5-3-4-6-16(13)19/h3-8,10,12H,9,11,20H2,1-2H3. The van der Waals surface area contributed by atoms with E-state index in [1.165, 1.54) is 16.8 Å². The van der Waals surface area contributed by atoms with E-state index in [0.29, 0.717) is 0 Å². The van der Waals surface area contributed by atoms with E-state index in [0.717, 1.165) is 21.9 Å². The Balaban J connectivity index is 2.26. The molecule has 1 unspecified atom stereocenters. The summed E-state index contributed by atoms with van der Waals surface area (Å²) < 4.78 is 2.24. The fourth-order valence-electron chi connectivity index (χ4n) is 2.40. The summed E-state index contributed by atoms with van der Waals surface area (Å²) in [7, 11) is 2.12. The fraction of sp³-hybridized carbons (Fsp3) is 0.294. The lowest BCUT2D eigenvalue weighted by molar-refractivity contribution is 0.733. The highest BCUT2D eigenvalue weighted by Gasteiger charge is 2.11. The Kier molecular flexibility index (Phi) is 5.85. The Bertz CT molecular complexity index is 611. The average Bonchev–Trinajstić information content (AvgIpc) is 2.40. The van der Waals surface area contributed by atoms with Crippen LogP contribution in [0.15, 0.2) is 51.4 Å². The van der Waals surface area contributed by atoms with E-state index < -0.39 is 0 Å². The van der Waals surface area contributed by atoms with Gasteiger partial charge in [-0.2, -0.15) is 0 Å². The van der Waals surface area contributed by atoms with Crippen molar-refractivity contribution in [2.24, 2.45) is 5.73 Å². The maximum absolute atomic E-state index is 5.98. The SMILES string of the molecule is CC(N)Cc1cc(Br)ccc1N(C)Cc1ccccc1Br. The van der Waals surface area contributed by atoms with Crippen LogP contribution < -0.4 is 10.6 Å². The molecule has 2 rings (SSSR count). The summed E-state index contributed by atoms with van der Waals surface area (Å²) in [6.45, 7) is 2.90. The van der Waals surface area contributed by atoms with Crippen LogP contribution in [0.25, 0.3) is 0 Å². The second-order valence-electron chi connectivity index (χ2n) is 5.40. The normalized spacial score (nSPS) is 12.2. The van der Waals surface area contributed by atoms with Crippen LogP contribution in [-0.2, 0) is 13.0 Å². The van der Waals surface area contributed by atoms with Gasteiger partial charge in [-0.25, -0.2) is 0 Å². The van der Waals surface area contributed by atoms with Gasteiger partial charge in [-0.15, -0.1) is 0 Å². The molecule has 0 aromatic heterocycles. The summed E-state index contributed by atoms with van der Waals surface area (Å²) in [5.41, 5.74) is 9.75. The first-order valence-electron chi connectivity index (χ1n) is 6.96. The van der Waals surface area contributed by atoms with Crippen molar-refractivity contribution in [2.75, 3.05) is 11.9 Å². The summed E-state index contributed by atoms with van der Waals surface area (Å²) in [5.74, 6) is 0. The largest absolute Gasteiger partial charge is 0.370 e. The Morgan fingerprint density at radius 1 is 1.10 bits per heavy atom. The molecule has 0 fully saturated rings. The van der Waals surface area contributed by atoms with E-state index in [9.17, 15) is 0 Å². The number of halogens is 2. The second kappa shape index (κ2) is 7.43. The summed E-state index contributed by atoms with van der Waals surface area (Å²) >= 11 is 7.16. The number of anilines is 1. The molecular formula is C17H20Br2N2. The molecule has 0 aliphatic heterocycles. The molecule has 2 N–H and O–H groups in total. The van der Waals surface area contributed by atoms with Crippen LogP contribution >= 0.6 is 31.9 Å². The minimum absolute atomic E-state index is 0.148. The lowest BCUT2D eigenvalue weighted by Crippen LogP contribution is -2.22. The molecule has 2 aromatic carbocycles. The molecule has 1 atom stereocenters. The van der Waals surface area contributed by atoms with Gasteiger partial charge >= 0.3 is 0 Å². The van der Waals surface area contributed by atoms with Gasteiger partial charge in [0, 0.05) is 34.3 Å². The first-order chi connectivity index (χ1) is 9.97. The third kappa shape index (κ3) is 4.56. The molecule has 2 aromatic rings. The summed E-state index contributed by atoms with van der Waals surface area (Å²) in [5, 5.41) is 0. The van der Waals surface area contributed by atoms with E-state index in [2.05, 4.69) is 80.2 Å². The first-order valence-corrected chi connectivity index (χ1v) is 8.54. The highest BCUT2D eigenvalue weighted by Crippen LogP contribution is 2.27. The van der Waals surface area contributed by atoms with E-state index >= 15 is 0 Å². The summed E-state index contributed by atoms with van der Waals surface area (Å²) in [6, 6.07) is 14.9. The number of benzene rings is 2. The van der Waals surface area contributed by atoms with Gasteiger partial charge in [-0.3, -0.25) is 0 Å².